The molecule has 0 bridgehead atoms. The quantitative estimate of drug-likeness (QED) is 0.0839. The second-order valence-corrected chi connectivity index (χ2v) is 13.0. The predicted octanol–water partition coefficient (Wildman–Crippen LogP) is 1.12. The molecule has 12 nitrogen and oxygen atoms in total. The van der Waals surface area contributed by atoms with Gasteiger partial charge in [-0.3, -0.25) is 33.7 Å². The Morgan fingerprint density at radius 3 is 1.95 bits per heavy atom. The zero-order valence-corrected chi connectivity index (χ0v) is 26.2. The van der Waals surface area contributed by atoms with Crippen molar-refractivity contribution in [2.45, 2.75) is 89.1 Å². The normalized spacial score (nSPS) is 15.0. The summed E-state index contributed by atoms with van der Waals surface area (Å²) >= 11 is 3.06. The van der Waals surface area contributed by atoms with Gasteiger partial charge in [0.25, 0.3) is 0 Å². The van der Waals surface area contributed by atoms with Crippen LogP contribution in [-0.2, 0) is 33.6 Å². The van der Waals surface area contributed by atoms with Gasteiger partial charge in [-0.1, -0.05) is 27.2 Å². The molecule has 1 atom stereocenters. The van der Waals surface area contributed by atoms with Crippen molar-refractivity contribution in [1.82, 2.24) is 26.2 Å². The van der Waals surface area contributed by atoms with Gasteiger partial charge in [-0.05, 0) is 38.4 Å². The Kier molecular flexibility index (Phi) is 17.3. The van der Waals surface area contributed by atoms with E-state index in [1.807, 2.05) is 13.8 Å². The van der Waals surface area contributed by atoms with Crippen molar-refractivity contribution in [3.8, 4) is 0 Å². The number of likely N-dealkylation sites (tertiary alicyclic amines) is 1. The van der Waals surface area contributed by atoms with E-state index < -0.39 is 23.0 Å². The summed E-state index contributed by atoms with van der Waals surface area (Å²) in [7, 11) is 0. The van der Waals surface area contributed by atoms with E-state index >= 15 is 0 Å². The molecule has 0 aromatic rings. The molecular weight excluding hydrogens is 570 g/mol. The first-order valence-corrected chi connectivity index (χ1v) is 16.1. The predicted molar refractivity (Wildman–Crippen MR) is 160 cm³/mol. The van der Waals surface area contributed by atoms with Crippen LogP contribution in [0.3, 0.4) is 0 Å². The summed E-state index contributed by atoms with van der Waals surface area (Å²) in [5, 5.41) is 9.39. The summed E-state index contributed by atoms with van der Waals surface area (Å²) in [6.45, 7) is 6.73. The molecule has 0 spiro atoms. The fourth-order valence-corrected chi connectivity index (χ4v) is 6.01. The van der Waals surface area contributed by atoms with Gasteiger partial charge in [-0.15, -0.1) is 23.5 Å². The molecule has 14 heteroatoms. The molecular formula is C27H45N5O7S2. The van der Waals surface area contributed by atoms with Gasteiger partial charge in [0.1, 0.15) is 5.78 Å². The highest BCUT2D eigenvalue weighted by atomic mass is 32.2. The Morgan fingerprint density at radius 1 is 0.829 bits per heavy atom. The maximum Gasteiger partial charge on any atom is 0.242 e. The first kappa shape index (κ1) is 36.4. The summed E-state index contributed by atoms with van der Waals surface area (Å²) in [6.07, 6.45) is 5.13. The number of nitrogens with zero attached hydrogens (tertiary/aromatic N) is 1. The van der Waals surface area contributed by atoms with Crippen LogP contribution in [0.4, 0.5) is 0 Å². The number of carbonyl (C=O) groups is 7. The van der Waals surface area contributed by atoms with Gasteiger partial charge in [0.05, 0.1) is 30.8 Å². The molecule has 1 rings (SSSR count). The van der Waals surface area contributed by atoms with E-state index in [2.05, 4.69) is 28.2 Å². The van der Waals surface area contributed by atoms with Crippen LogP contribution in [0.25, 0.3) is 0 Å². The van der Waals surface area contributed by atoms with Gasteiger partial charge in [0, 0.05) is 30.6 Å². The van der Waals surface area contributed by atoms with Crippen LogP contribution in [-0.4, -0.2) is 93.9 Å². The Labute approximate surface area is 251 Å². The minimum atomic E-state index is -0.596. The van der Waals surface area contributed by atoms with E-state index in [4.69, 9.17) is 0 Å². The number of amides is 6. The number of ketones is 1. The van der Waals surface area contributed by atoms with E-state index in [1.54, 1.807) is 18.7 Å². The van der Waals surface area contributed by atoms with E-state index in [-0.39, 0.29) is 67.3 Å². The van der Waals surface area contributed by atoms with Gasteiger partial charge in [0.2, 0.25) is 35.4 Å². The lowest BCUT2D eigenvalue weighted by Crippen LogP contribution is -2.44. The van der Waals surface area contributed by atoms with Crippen molar-refractivity contribution < 1.29 is 33.6 Å². The van der Waals surface area contributed by atoms with Gasteiger partial charge in [0.15, 0.2) is 0 Å². The maximum absolute atomic E-state index is 12.7. The van der Waals surface area contributed by atoms with Gasteiger partial charge in [-0.25, -0.2) is 0 Å². The highest BCUT2D eigenvalue weighted by Crippen LogP contribution is 2.39. The van der Waals surface area contributed by atoms with Crippen molar-refractivity contribution in [2.75, 3.05) is 37.8 Å². The molecule has 1 heterocycles. The summed E-state index contributed by atoms with van der Waals surface area (Å²) in [4.78, 5) is 84.8. The fourth-order valence-electron chi connectivity index (χ4n) is 3.72. The Hall–Kier alpha value is -2.61. The number of Topliss-reactive ketones (excluding diaryl/α,β-unsaturated/α-hetero) is 1. The largest absolute Gasteiger partial charge is 0.347 e. The number of nitrogens with one attached hydrogen (secondary N) is 4. The molecule has 6 amide bonds. The lowest BCUT2D eigenvalue weighted by molar-refractivity contribution is -0.139. The molecule has 1 unspecified atom stereocenters. The molecule has 41 heavy (non-hydrogen) atoms. The third-order valence-electron chi connectivity index (χ3n) is 6.71. The van der Waals surface area contributed by atoms with E-state index in [1.165, 1.54) is 11.8 Å². The van der Waals surface area contributed by atoms with Crippen LogP contribution in [0.1, 0.15) is 79.1 Å². The molecule has 0 saturated carbocycles. The standard InChI is InChI=1S/C27H45N5O7S2/c1-5-27(4,6-2)41-20-14-25(38)32(26(20)39)12-11-21(34)28-15-22(35)29-16-23(36)30-17-24(37)31-18-40-13-9-7-8-10-19(3)33/h20H,5-18H2,1-4H3,(H,28,34)(H,29,35)(H,30,36)(H,31,37). The number of thioether (sulfide) groups is 2. The van der Waals surface area contributed by atoms with E-state index in [0.29, 0.717) is 12.3 Å². The van der Waals surface area contributed by atoms with Crippen LogP contribution in [0.2, 0.25) is 0 Å². The third kappa shape index (κ3) is 15.3. The topological polar surface area (TPSA) is 171 Å². The van der Waals surface area contributed by atoms with Crippen LogP contribution in [0, 0.1) is 0 Å². The Balaban J connectivity index is 2.16. The second kappa shape index (κ2) is 19.5. The van der Waals surface area contributed by atoms with Crippen molar-refractivity contribution in [3.63, 3.8) is 0 Å². The second-order valence-electron chi connectivity index (χ2n) is 10.1. The molecule has 232 valence electrons. The van der Waals surface area contributed by atoms with Crippen LogP contribution >= 0.6 is 23.5 Å². The zero-order chi connectivity index (χ0) is 30.8. The molecule has 1 aliphatic rings. The molecule has 4 N–H and O–H groups in total. The van der Waals surface area contributed by atoms with Gasteiger partial charge >= 0.3 is 0 Å². The summed E-state index contributed by atoms with van der Waals surface area (Å²) in [5.41, 5.74) is 0. The first-order valence-electron chi connectivity index (χ1n) is 14.1. The van der Waals surface area contributed by atoms with Crippen LogP contribution in [0.5, 0.6) is 0 Å². The Bertz CT molecular complexity index is 943. The van der Waals surface area contributed by atoms with Crippen LogP contribution in [0.15, 0.2) is 0 Å². The molecule has 0 aliphatic carbocycles. The maximum atomic E-state index is 12.7. The van der Waals surface area contributed by atoms with Crippen molar-refractivity contribution in [2.24, 2.45) is 0 Å². The lowest BCUT2D eigenvalue weighted by Gasteiger charge is -2.28. The van der Waals surface area contributed by atoms with Gasteiger partial charge in [-0.2, -0.15) is 0 Å². The third-order valence-corrected chi connectivity index (χ3v) is 9.44. The summed E-state index contributed by atoms with van der Waals surface area (Å²) in [6, 6.07) is 0. The molecule has 0 radical (unpaired) electrons. The van der Waals surface area contributed by atoms with Gasteiger partial charge < -0.3 is 26.1 Å². The SMILES string of the molecule is CCC(C)(CC)SC1CC(=O)N(CCC(=O)NCC(=O)NCC(=O)NCC(=O)NCSCCCCCC(C)=O)C1=O. The molecule has 0 aromatic heterocycles. The monoisotopic (exact) mass is 615 g/mol. The average molecular weight is 616 g/mol. The van der Waals surface area contributed by atoms with E-state index in [0.717, 1.165) is 42.8 Å². The summed E-state index contributed by atoms with van der Waals surface area (Å²) < 4.78 is -0.0947. The highest BCUT2D eigenvalue weighted by molar-refractivity contribution is 8.02. The molecule has 0 aromatic carbocycles. The molecule has 1 aliphatic heterocycles. The van der Waals surface area contributed by atoms with Crippen molar-refractivity contribution in [3.05, 3.63) is 0 Å². The number of hydrogen-bond acceptors (Lipinski definition) is 9. The fraction of sp³-hybridized carbons (Fsp3) is 0.741. The summed E-state index contributed by atoms with van der Waals surface area (Å²) in [5.74, 6) is -1.13. The first-order chi connectivity index (χ1) is 19.4. The average Bonchev–Trinajstić information content (AvgIpc) is 3.20. The van der Waals surface area contributed by atoms with Crippen LogP contribution < -0.4 is 21.3 Å². The molecule has 1 saturated heterocycles. The minimum absolute atomic E-state index is 0.0543. The number of hydrogen-bond donors (Lipinski definition) is 4. The number of imide groups is 1. The molecule has 1 fully saturated rings. The number of rotatable bonds is 21. The van der Waals surface area contributed by atoms with E-state index in [9.17, 15) is 33.6 Å². The number of unbranched alkanes of at least 4 members (excludes halogenated alkanes) is 2. The minimum Gasteiger partial charge on any atom is -0.347 e. The lowest BCUT2D eigenvalue weighted by atomic mass is 10.1. The number of carbonyl (C=O) groups excluding carboxylic acids is 7. The zero-order valence-electron chi connectivity index (χ0n) is 24.6. The van der Waals surface area contributed by atoms with Crippen molar-refractivity contribution in [1.29, 1.82) is 0 Å². The Morgan fingerprint density at radius 2 is 1.39 bits per heavy atom. The van der Waals surface area contributed by atoms with Crippen molar-refractivity contribution >= 4 is 64.8 Å². The highest BCUT2D eigenvalue weighted by Gasteiger charge is 2.41. The smallest absolute Gasteiger partial charge is 0.242 e.